The van der Waals surface area contributed by atoms with Gasteiger partial charge in [0.1, 0.15) is 0 Å². The SMILES string of the molecule is CCOC(=O)Oc1cc(Cl)ccc1Cl. The van der Waals surface area contributed by atoms with E-state index in [1.165, 1.54) is 6.07 Å². The van der Waals surface area contributed by atoms with E-state index in [0.29, 0.717) is 10.0 Å². The maximum atomic E-state index is 10.9. The molecule has 0 aliphatic carbocycles. The topological polar surface area (TPSA) is 35.5 Å². The van der Waals surface area contributed by atoms with Crippen LogP contribution in [-0.4, -0.2) is 12.8 Å². The van der Waals surface area contributed by atoms with Gasteiger partial charge in [-0.05, 0) is 19.1 Å². The van der Waals surface area contributed by atoms with Crippen LogP contribution in [0.15, 0.2) is 18.2 Å². The van der Waals surface area contributed by atoms with Crippen molar-refractivity contribution in [3.8, 4) is 5.75 Å². The highest BCUT2D eigenvalue weighted by atomic mass is 35.5. The number of carbonyl (C=O) groups is 1. The van der Waals surface area contributed by atoms with E-state index in [-0.39, 0.29) is 12.4 Å². The van der Waals surface area contributed by atoms with E-state index in [1.54, 1.807) is 19.1 Å². The number of ether oxygens (including phenoxy) is 2. The molecule has 0 amide bonds. The van der Waals surface area contributed by atoms with Crippen molar-refractivity contribution in [2.45, 2.75) is 6.92 Å². The molecule has 0 bridgehead atoms. The first-order valence-corrected chi connectivity index (χ1v) is 4.68. The lowest BCUT2D eigenvalue weighted by Crippen LogP contribution is -2.10. The quantitative estimate of drug-likeness (QED) is 0.581. The Balaban J connectivity index is 2.75. The largest absolute Gasteiger partial charge is 0.513 e. The maximum Gasteiger partial charge on any atom is 0.513 e. The molecule has 0 radical (unpaired) electrons. The highest BCUT2D eigenvalue weighted by Gasteiger charge is 2.08. The summed E-state index contributed by atoms with van der Waals surface area (Å²) < 4.78 is 9.37. The molecular weight excluding hydrogens is 227 g/mol. The minimum Gasteiger partial charge on any atom is -0.434 e. The van der Waals surface area contributed by atoms with Gasteiger partial charge in [0.25, 0.3) is 0 Å². The molecule has 0 atom stereocenters. The lowest BCUT2D eigenvalue weighted by atomic mass is 10.3. The van der Waals surface area contributed by atoms with Crippen molar-refractivity contribution >= 4 is 29.4 Å². The van der Waals surface area contributed by atoms with Gasteiger partial charge < -0.3 is 9.47 Å². The first-order valence-electron chi connectivity index (χ1n) is 3.93. The molecule has 1 rings (SSSR count). The third kappa shape index (κ3) is 3.09. The van der Waals surface area contributed by atoms with Crippen LogP contribution in [0.2, 0.25) is 10.0 Å². The lowest BCUT2D eigenvalue weighted by molar-refractivity contribution is 0.104. The average molecular weight is 235 g/mol. The molecule has 0 spiro atoms. The van der Waals surface area contributed by atoms with Gasteiger partial charge in [-0.3, -0.25) is 0 Å². The molecule has 14 heavy (non-hydrogen) atoms. The van der Waals surface area contributed by atoms with Crippen LogP contribution in [-0.2, 0) is 4.74 Å². The van der Waals surface area contributed by atoms with Crippen LogP contribution in [0, 0.1) is 0 Å². The van der Waals surface area contributed by atoms with Gasteiger partial charge in [0.2, 0.25) is 0 Å². The second-order valence-corrected chi connectivity index (χ2v) is 3.20. The molecule has 0 saturated heterocycles. The molecule has 5 heteroatoms. The molecule has 1 aromatic carbocycles. The summed E-state index contributed by atoms with van der Waals surface area (Å²) in [6.45, 7) is 1.93. The second-order valence-electron chi connectivity index (χ2n) is 2.36. The van der Waals surface area contributed by atoms with Gasteiger partial charge in [-0.25, -0.2) is 4.79 Å². The Morgan fingerprint density at radius 3 is 2.79 bits per heavy atom. The van der Waals surface area contributed by atoms with E-state index in [2.05, 4.69) is 4.74 Å². The molecule has 0 heterocycles. The molecule has 0 aromatic heterocycles. The van der Waals surface area contributed by atoms with Crippen LogP contribution >= 0.6 is 23.2 Å². The molecule has 0 fully saturated rings. The fraction of sp³-hybridized carbons (Fsp3) is 0.222. The number of benzene rings is 1. The number of halogens is 2. The Kier molecular flexibility index (Phi) is 4.04. The maximum absolute atomic E-state index is 10.9. The van der Waals surface area contributed by atoms with Crippen molar-refractivity contribution in [3.63, 3.8) is 0 Å². The summed E-state index contributed by atoms with van der Waals surface area (Å²) in [4.78, 5) is 10.9. The fourth-order valence-corrected chi connectivity index (χ4v) is 1.11. The molecule has 1 aromatic rings. The zero-order valence-electron chi connectivity index (χ0n) is 7.42. The Bertz CT molecular complexity index is 339. The van der Waals surface area contributed by atoms with Crippen LogP contribution in [0.3, 0.4) is 0 Å². The highest BCUT2D eigenvalue weighted by molar-refractivity contribution is 6.34. The fourth-order valence-electron chi connectivity index (χ4n) is 0.793. The van der Waals surface area contributed by atoms with Crippen LogP contribution < -0.4 is 4.74 Å². The average Bonchev–Trinajstić information content (AvgIpc) is 2.12. The smallest absolute Gasteiger partial charge is 0.434 e. The zero-order chi connectivity index (χ0) is 10.6. The summed E-state index contributed by atoms with van der Waals surface area (Å²) >= 11 is 11.4. The van der Waals surface area contributed by atoms with Gasteiger partial charge in [0, 0.05) is 11.1 Å². The van der Waals surface area contributed by atoms with Crippen LogP contribution in [0.1, 0.15) is 6.92 Å². The Morgan fingerprint density at radius 2 is 2.14 bits per heavy atom. The number of rotatable bonds is 2. The second kappa shape index (κ2) is 5.08. The molecular formula is C9H8Cl2O3. The van der Waals surface area contributed by atoms with Gasteiger partial charge in [-0.2, -0.15) is 0 Å². The minimum atomic E-state index is -0.795. The molecule has 0 aliphatic heterocycles. The predicted molar refractivity (Wildman–Crippen MR) is 54.1 cm³/mol. The molecule has 0 unspecified atom stereocenters. The van der Waals surface area contributed by atoms with E-state index in [4.69, 9.17) is 27.9 Å². The Hall–Kier alpha value is -0.930. The van der Waals surface area contributed by atoms with Gasteiger partial charge in [-0.15, -0.1) is 0 Å². The third-order valence-corrected chi connectivity index (χ3v) is 1.90. The van der Waals surface area contributed by atoms with Crippen molar-refractivity contribution in [2.24, 2.45) is 0 Å². The molecule has 76 valence electrons. The molecule has 0 N–H and O–H groups in total. The normalized spacial score (nSPS) is 9.64. The minimum absolute atomic E-state index is 0.192. The van der Waals surface area contributed by atoms with Crippen molar-refractivity contribution < 1.29 is 14.3 Å². The predicted octanol–water partition coefficient (Wildman–Crippen LogP) is 3.53. The van der Waals surface area contributed by atoms with Gasteiger partial charge in [0.05, 0.1) is 11.6 Å². The standard InChI is InChI=1S/C9H8Cl2O3/c1-2-13-9(12)14-8-5-6(10)3-4-7(8)11/h3-5H,2H2,1H3. The Labute approximate surface area is 91.5 Å². The van der Waals surface area contributed by atoms with Crippen LogP contribution in [0.5, 0.6) is 5.75 Å². The summed E-state index contributed by atoms with van der Waals surface area (Å²) in [5, 5.41) is 0.746. The Morgan fingerprint density at radius 1 is 1.43 bits per heavy atom. The van der Waals surface area contributed by atoms with E-state index >= 15 is 0 Å². The summed E-state index contributed by atoms with van der Waals surface area (Å²) in [5.74, 6) is 0.192. The zero-order valence-corrected chi connectivity index (χ0v) is 8.93. The monoisotopic (exact) mass is 234 g/mol. The highest BCUT2D eigenvalue weighted by Crippen LogP contribution is 2.27. The van der Waals surface area contributed by atoms with Crippen molar-refractivity contribution in [3.05, 3.63) is 28.2 Å². The summed E-state index contributed by atoms with van der Waals surface area (Å²) in [6.07, 6.45) is -0.795. The van der Waals surface area contributed by atoms with Gasteiger partial charge >= 0.3 is 6.16 Å². The van der Waals surface area contributed by atoms with Gasteiger partial charge in [0.15, 0.2) is 5.75 Å². The van der Waals surface area contributed by atoms with Gasteiger partial charge in [-0.1, -0.05) is 23.2 Å². The molecule has 0 saturated carbocycles. The number of hydrogen-bond donors (Lipinski definition) is 0. The van der Waals surface area contributed by atoms with E-state index in [1.807, 2.05) is 0 Å². The summed E-state index contributed by atoms with van der Waals surface area (Å²) in [6, 6.07) is 4.58. The number of carbonyl (C=O) groups excluding carboxylic acids is 1. The first-order chi connectivity index (χ1) is 6.63. The van der Waals surface area contributed by atoms with Crippen LogP contribution in [0.4, 0.5) is 4.79 Å². The third-order valence-electron chi connectivity index (χ3n) is 1.35. The lowest BCUT2D eigenvalue weighted by Gasteiger charge is -2.05. The molecule has 0 aliphatic rings. The molecule has 3 nitrogen and oxygen atoms in total. The van der Waals surface area contributed by atoms with Crippen molar-refractivity contribution in [2.75, 3.05) is 6.61 Å². The van der Waals surface area contributed by atoms with E-state index in [0.717, 1.165) is 0 Å². The van der Waals surface area contributed by atoms with Crippen molar-refractivity contribution in [1.82, 2.24) is 0 Å². The van der Waals surface area contributed by atoms with E-state index in [9.17, 15) is 4.79 Å². The first kappa shape index (κ1) is 11.1. The number of hydrogen-bond acceptors (Lipinski definition) is 3. The van der Waals surface area contributed by atoms with Crippen molar-refractivity contribution in [1.29, 1.82) is 0 Å². The van der Waals surface area contributed by atoms with Crippen LogP contribution in [0.25, 0.3) is 0 Å². The summed E-state index contributed by atoms with van der Waals surface area (Å²) in [7, 11) is 0. The van der Waals surface area contributed by atoms with E-state index < -0.39 is 6.16 Å². The summed E-state index contributed by atoms with van der Waals surface area (Å²) in [5.41, 5.74) is 0.